The molecular formula is C14H17N7O. The molecule has 5 N–H and O–H groups in total. The van der Waals surface area contributed by atoms with Crippen LogP contribution in [0.2, 0.25) is 0 Å². The fourth-order valence-corrected chi connectivity index (χ4v) is 1.95. The first kappa shape index (κ1) is 15.4. The van der Waals surface area contributed by atoms with E-state index in [4.69, 9.17) is 11.1 Å². The molecule has 0 aliphatic heterocycles. The topological polar surface area (TPSA) is 129 Å². The number of aromatic nitrogens is 2. The van der Waals surface area contributed by atoms with Crippen LogP contribution in [0.3, 0.4) is 0 Å². The van der Waals surface area contributed by atoms with E-state index in [-0.39, 0.29) is 11.6 Å². The average Bonchev–Trinajstić information content (AvgIpc) is 2.48. The summed E-state index contributed by atoms with van der Waals surface area (Å²) < 4.78 is 0. The van der Waals surface area contributed by atoms with Crippen LogP contribution in [-0.4, -0.2) is 34.3 Å². The number of nitrogens with two attached hydrogens (primary N) is 1. The number of carbonyl (C=O) groups is 1. The van der Waals surface area contributed by atoms with Gasteiger partial charge in [0.25, 0.3) is 5.91 Å². The number of amides is 1. The van der Waals surface area contributed by atoms with Crippen molar-refractivity contribution in [2.45, 2.75) is 19.4 Å². The summed E-state index contributed by atoms with van der Waals surface area (Å²) in [4.78, 5) is 19.7. The molecule has 22 heavy (non-hydrogen) atoms. The van der Waals surface area contributed by atoms with Crippen molar-refractivity contribution in [3.63, 3.8) is 0 Å². The van der Waals surface area contributed by atoms with E-state index in [0.29, 0.717) is 18.1 Å². The fraction of sp³-hybridized carbons (Fsp3) is 0.214. The van der Waals surface area contributed by atoms with Gasteiger partial charge in [-0.1, -0.05) is 12.2 Å². The summed E-state index contributed by atoms with van der Waals surface area (Å²) in [5, 5.41) is 13.9. The maximum Gasteiger partial charge on any atom is 0.254 e. The van der Waals surface area contributed by atoms with E-state index in [0.717, 1.165) is 11.9 Å². The van der Waals surface area contributed by atoms with Crippen LogP contribution in [0, 0.1) is 12.3 Å². The Labute approximate surface area is 127 Å². The Hall–Kier alpha value is -3.03. The van der Waals surface area contributed by atoms with Crippen molar-refractivity contribution in [3.05, 3.63) is 41.5 Å². The lowest BCUT2D eigenvalue weighted by Crippen LogP contribution is -2.26. The van der Waals surface area contributed by atoms with E-state index in [1.54, 1.807) is 6.92 Å². The molecule has 114 valence electrons. The summed E-state index contributed by atoms with van der Waals surface area (Å²) in [7, 11) is 0. The zero-order valence-corrected chi connectivity index (χ0v) is 12.1. The van der Waals surface area contributed by atoms with Crippen LogP contribution >= 0.6 is 0 Å². The molecule has 1 aromatic rings. The van der Waals surface area contributed by atoms with E-state index in [1.165, 1.54) is 12.4 Å². The van der Waals surface area contributed by atoms with Crippen LogP contribution in [0.15, 0.2) is 35.2 Å². The third kappa shape index (κ3) is 3.98. The predicted octanol–water partition coefficient (Wildman–Crippen LogP) is 0.733. The van der Waals surface area contributed by atoms with E-state index < -0.39 is 5.91 Å². The van der Waals surface area contributed by atoms with Crippen LogP contribution in [0.1, 0.15) is 22.6 Å². The Morgan fingerprint density at radius 3 is 3.14 bits per heavy atom. The first-order valence-corrected chi connectivity index (χ1v) is 6.65. The zero-order chi connectivity index (χ0) is 15.9. The maximum atomic E-state index is 11.4. The summed E-state index contributed by atoms with van der Waals surface area (Å²) in [6.07, 6.45) is 10.2. The van der Waals surface area contributed by atoms with Crippen LogP contribution in [0.25, 0.3) is 0 Å². The van der Waals surface area contributed by atoms with Gasteiger partial charge < -0.3 is 16.5 Å². The standard InChI is InChI=1S/C14H17N7O/c1-9-17-8-12(13(16)22)14(19-9)20-10-3-2-4-11(7-10)21-18-6-5-15/h2-6,8,10,15,21H,7H2,1H3,(H2,16,22)(H,17,19,20). The van der Waals surface area contributed by atoms with Crippen LogP contribution in [0.4, 0.5) is 5.82 Å². The third-order valence-electron chi connectivity index (χ3n) is 2.93. The molecule has 8 nitrogen and oxygen atoms in total. The molecule has 1 aliphatic rings. The number of nitrogens with one attached hydrogen (secondary N) is 3. The summed E-state index contributed by atoms with van der Waals surface area (Å²) in [6.45, 7) is 1.74. The van der Waals surface area contributed by atoms with Crippen molar-refractivity contribution in [1.29, 1.82) is 5.41 Å². The van der Waals surface area contributed by atoms with E-state index in [2.05, 4.69) is 25.8 Å². The monoisotopic (exact) mass is 299 g/mol. The average molecular weight is 299 g/mol. The maximum absolute atomic E-state index is 11.4. The van der Waals surface area contributed by atoms with Gasteiger partial charge in [0.05, 0.1) is 17.8 Å². The summed E-state index contributed by atoms with van der Waals surface area (Å²) >= 11 is 0. The molecule has 0 aromatic carbocycles. The van der Waals surface area contributed by atoms with Crippen molar-refractivity contribution in [2.75, 3.05) is 5.32 Å². The van der Waals surface area contributed by atoms with Gasteiger partial charge in [0.1, 0.15) is 11.6 Å². The highest BCUT2D eigenvalue weighted by Crippen LogP contribution is 2.18. The smallest absolute Gasteiger partial charge is 0.254 e. The Morgan fingerprint density at radius 2 is 2.41 bits per heavy atom. The SMILES string of the molecule is Cc1ncc(C(N)=O)c(NC2C=CC=C(NN=CC=N)C2)n1. The number of allylic oxidation sites excluding steroid dienone is 2. The molecule has 0 fully saturated rings. The molecule has 0 saturated carbocycles. The van der Waals surface area contributed by atoms with Gasteiger partial charge in [-0.15, -0.1) is 0 Å². The lowest BCUT2D eigenvalue weighted by Gasteiger charge is -2.21. The normalized spacial score (nSPS) is 17.1. The minimum Gasteiger partial charge on any atom is -0.365 e. The number of primary amides is 1. The zero-order valence-electron chi connectivity index (χ0n) is 12.1. The van der Waals surface area contributed by atoms with Gasteiger partial charge in [-0.25, -0.2) is 9.97 Å². The van der Waals surface area contributed by atoms with Crippen molar-refractivity contribution >= 4 is 24.2 Å². The first-order chi connectivity index (χ1) is 10.6. The lowest BCUT2D eigenvalue weighted by atomic mass is 10.1. The molecule has 2 rings (SSSR count). The van der Waals surface area contributed by atoms with E-state index in [1.807, 2.05) is 18.2 Å². The highest BCUT2D eigenvalue weighted by Gasteiger charge is 2.16. The Bertz CT molecular complexity index is 663. The summed E-state index contributed by atoms with van der Waals surface area (Å²) in [5.74, 6) is 0.391. The van der Waals surface area contributed by atoms with Crippen LogP contribution < -0.4 is 16.5 Å². The minimum atomic E-state index is -0.577. The van der Waals surface area contributed by atoms with Crippen LogP contribution in [-0.2, 0) is 0 Å². The number of hydrazone groups is 1. The number of aryl methyl sites for hydroxylation is 1. The number of rotatable bonds is 6. The second-order valence-electron chi connectivity index (χ2n) is 4.63. The Kier molecular flexibility index (Phi) is 4.97. The van der Waals surface area contributed by atoms with Gasteiger partial charge >= 0.3 is 0 Å². The van der Waals surface area contributed by atoms with Crippen molar-refractivity contribution in [3.8, 4) is 0 Å². The quantitative estimate of drug-likeness (QED) is 0.454. The predicted molar refractivity (Wildman–Crippen MR) is 84.9 cm³/mol. The van der Waals surface area contributed by atoms with E-state index in [9.17, 15) is 4.79 Å². The highest BCUT2D eigenvalue weighted by atomic mass is 16.1. The van der Waals surface area contributed by atoms with E-state index >= 15 is 0 Å². The van der Waals surface area contributed by atoms with Gasteiger partial charge in [0.2, 0.25) is 0 Å². The molecule has 1 amide bonds. The number of hydrogen-bond acceptors (Lipinski definition) is 7. The molecule has 8 heteroatoms. The molecule has 0 spiro atoms. The number of nitrogens with zero attached hydrogens (tertiary/aromatic N) is 3. The molecule has 1 heterocycles. The van der Waals surface area contributed by atoms with Crippen molar-refractivity contribution < 1.29 is 4.79 Å². The molecule has 1 unspecified atom stereocenters. The summed E-state index contributed by atoms with van der Waals surface area (Å²) in [6, 6.07) is -0.0601. The minimum absolute atomic E-state index is 0.0601. The third-order valence-corrected chi connectivity index (χ3v) is 2.93. The second-order valence-corrected chi connectivity index (χ2v) is 4.63. The Balaban J connectivity index is 2.09. The fourth-order valence-electron chi connectivity index (χ4n) is 1.95. The molecule has 0 bridgehead atoms. The molecule has 0 saturated heterocycles. The number of anilines is 1. The first-order valence-electron chi connectivity index (χ1n) is 6.65. The highest BCUT2D eigenvalue weighted by molar-refractivity contribution is 6.14. The largest absolute Gasteiger partial charge is 0.365 e. The second kappa shape index (κ2) is 7.11. The van der Waals surface area contributed by atoms with Gasteiger partial charge in [-0.05, 0) is 13.0 Å². The van der Waals surface area contributed by atoms with Gasteiger partial charge in [0.15, 0.2) is 0 Å². The van der Waals surface area contributed by atoms with Gasteiger partial charge in [-0.2, -0.15) is 5.10 Å². The number of hydrogen-bond donors (Lipinski definition) is 4. The van der Waals surface area contributed by atoms with Crippen molar-refractivity contribution in [2.24, 2.45) is 10.8 Å². The number of carbonyl (C=O) groups excluding carboxylic acids is 1. The molecule has 1 aliphatic carbocycles. The lowest BCUT2D eigenvalue weighted by molar-refractivity contribution is 0.100. The molecule has 1 aromatic heterocycles. The molecule has 1 atom stereocenters. The van der Waals surface area contributed by atoms with Gasteiger partial charge in [0, 0.05) is 24.5 Å². The van der Waals surface area contributed by atoms with Gasteiger partial charge in [-0.3, -0.25) is 10.2 Å². The van der Waals surface area contributed by atoms with Crippen molar-refractivity contribution in [1.82, 2.24) is 15.4 Å². The summed E-state index contributed by atoms with van der Waals surface area (Å²) in [5.41, 5.74) is 9.32. The Morgan fingerprint density at radius 1 is 1.59 bits per heavy atom. The molecule has 0 radical (unpaired) electrons. The van der Waals surface area contributed by atoms with Crippen LogP contribution in [0.5, 0.6) is 0 Å². The molecular weight excluding hydrogens is 282 g/mol.